The van der Waals surface area contributed by atoms with Crippen molar-refractivity contribution in [3.63, 3.8) is 0 Å². The lowest BCUT2D eigenvalue weighted by atomic mass is 10.1. The standard InChI is InChI=1S/C17H22N4/c1-4-9-17-16(12-14-20(3)13-5-2)18-19-21(17)15-10-7-6-8-11-15/h2,6-8,10-11H,4,9,12-14H2,1,3H3. The Labute approximate surface area is 126 Å². The average molecular weight is 282 g/mol. The molecule has 2 aromatic rings. The molecule has 0 bridgehead atoms. The molecule has 0 fully saturated rings. The lowest BCUT2D eigenvalue weighted by Crippen LogP contribution is -2.22. The molecule has 0 radical (unpaired) electrons. The number of nitrogens with zero attached hydrogens (tertiary/aromatic N) is 4. The zero-order valence-electron chi connectivity index (χ0n) is 12.8. The van der Waals surface area contributed by atoms with E-state index in [1.54, 1.807) is 0 Å². The van der Waals surface area contributed by atoms with Gasteiger partial charge in [-0.2, -0.15) is 0 Å². The minimum absolute atomic E-state index is 0.663. The van der Waals surface area contributed by atoms with E-state index in [0.717, 1.165) is 37.2 Å². The number of hydrogen-bond donors (Lipinski definition) is 0. The van der Waals surface area contributed by atoms with Crippen molar-refractivity contribution in [3.8, 4) is 18.0 Å². The van der Waals surface area contributed by atoms with Crippen LogP contribution in [-0.4, -0.2) is 40.0 Å². The fourth-order valence-corrected chi connectivity index (χ4v) is 2.32. The van der Waals surface area contributed by atoms with Crippen LogP contribution in [-0.2, 0) is 12.8 Å². The summed E-state index contributed by atoms with van der Waals surface area (Å²) in [6.07, 6.45) is 8.27. The van der Waals surface area contributed by atoms with Crippen LogP contribution in [0.4, 0.5) is 0 Å². The van der Waals surface area contributed by atoms with Crippen molar-refractivity contribution in [2.24, 2.45) is 0 Å². The van der Waals surface area contributed by atoms with Gasteiger partial charge in [0, 0.05) is 13.0 Å². The summed E-state index contributed by atoms with van der Waals surface area (Å²) in [7, 11) is 2.03. The summed E-state index contributed by atoms with van der Waals surface area (Å²) in [6, 6.07) is 10.2. The predicted molar refractivity (Wildman–Crippen MR) is 85.4 cm³/mol. The van der Waals surface area contributed by atoms with Crippen molar-refractivity contribution < 1.29 is 0 Å². The molecule has 0 unspecified atom stereocenters. The van der Waals surface area contributed by atoms with Gasteiger partial charge in [-0.05, 0) is 25.6 Å². The summed E-state index contributed by atoms with van der Waals surface area (Å²) in [5.74, 6) is 2.66. The summed E-state index contributed by atoms with van der Waals surface area (Å²) in [5, 5.41) is 8.71. The Hall–Kier alpha value is -2.12. The fraction of sp³-hybridized carbons (Fsp3) is 0.412. The maximum absolute atomic E-state index is 5.33. The minimum Gasteiger partial charge on any atom is -0.295 e. The van der Waals surface area contributed by atoms with Crippen LogP contribution in [0.5, 0.6) is 0 Å². The van der Waals surface area contributed by atoms with E-state index in [2.05, 4.69) is 40.2 Å². The normalized spacial score (nSPS) is 10.8. The number of benzene rings is 1. The topological polar surface area (TPSA) is 34.0 Å². The van der Waals surface area contributed by atoms with Crippen LogP contribution >= 0.6 is 0 Å². The fourth-order valence-electron chi connectivity index (χ4n) is 2.32. The van der Waals surface area contributed by atoms with Crippen LogP contribution in [0.3, 0.4) is 0 Å². The van der Waals surface area contributed by atoms with Gasteiger partial charge in [0.05, 0.1) is 23.6 Å². The molecule has 0 spiro atoms. The Morgan fingerprint density at radius 3 is 2.67 bits per heavy atom. The van der Waals surface area contributed by atoms with Gasteiger partial charge in [-0.1, -0.05) is 42.7 Å². The maximum atomic E-state index is 5.33. The predicted octanol–water partition coefficient (Wildman–Crippen LogP) is 2.33. The van der Waals surface area contributed by atoms with E-state index in [-0.39, 0.29) is 0 Å². The van der Waals surface area contributed by atoms with Gasteiger partial charge in [-0.3, -0.25) is 4.90 Å². The molecule has 4 heteroatoms. The summed E-state index contributed by atoms with van der Waals surface area (Å²) in [5.41, 5.74) is 3.35. The number of aromatic nitrogens is 3. The lowest BCUT2D eigenvalue weighted by molar-refractivity contribution is 0.379. The smallest absolute Gasteiger partial charge is 0.0876 e. The van der Waals surface area contributed by atoms with Gasteiger partial charge < -0.3 is 0 Å². The molecule has 1 aromatic carbocycles. The van der Waals surface area contributed by atoms with E-state index in [4.69, 9.17) is 6.42 Å². The van der Waals surface area contributed by atoms with Gasteiger partial charge in [0.15, 0.2) is 0 Å². The highest BCUT2D eigenvalue weighted by molar-refractivity contribution is 5.33. The van der Waals surface area contributed by atoms with Crippen molar-refractivity contribution >= 4 is 0 Å². The highest BCUT2D eigenvalue weighted by Gasteiger charge is 2.13. The van der Waals surface area contributed by atoms with Crippen LogP contribution < -0.4 is 0 Å². The lowest BCUT2D eigenvalue weighted by Gasteiger charge is -2.12. The van der Waals surface area contributed by atoms with Gasteiger partial charge in [-0.25, -0.2) is 4.68 Å². The Balaban J connectivity index is 2.19. The van der Waals surface area contributed by atoms with Crippen molar-refractivity contribution in [1.29, 1.82) is 0 Å². The molecular weight excluding hydrogens is 260 g/mol. The number of hydrogen-bond acceptors (Lipinski definition) is 3. The first-order valence-corrected chi connectivity index (χ1v) is 7.37. The Morgan fingerprint density at radius 1 is 1.24 bits per heavy atom. The third-order valence-corrected chi connectivity index (χ3v) is 3.42. The molecule has 0 aliphatic heterocycles. The summed E-state index contributed by atoms with van der Waals surface area (Å²) < 4.78 is 1.96. The molecular formula is C17H22N4. The van der Waals surface area contributed by atoms with Crippen LogP contribution in [0.1, 0.15) is 24.7 Å². The molecule has 4 nitrogen and oxygen atoms in total. The maximum Gasteiger partial charge on any atom is 0.0876 e. The molecule has 0 aliphatic rings. The molecule has 0 saturated carbocycles. The first-order valence-electron chi connectivity index (χ1n) is 7.37. The van der Waals surface area contributed by atoms with Crippen molar-refractivity contribution in [3.05, 3.63) is 41.7 Å². The molecule has 2 rings (SSSR count). The first kappa shape index (κ1) is 15.3. The quantitative estimate of drug-likeness (QED) is 0.731. The van der Waals surface area contributed by atoms with Gasteiger partial charge in [-0.15, -0.1) is 11.5 Å². The SMILES string of the molecule is C#CCN(C)CCc1nnn(-c2ccccc2)c1CCC. The summed E-state index contributed by atoms with van der Waals surface area (Å²) in [6.45, 7) is 3.74. The van der Waals surface area contributed by atoms with E-state index in [1.165, 1.54) is 5.69 Å². The van der Waals surface area contributed by atoms with E-state index in [0.29, 0.717) is 6.54 Å². The molecule has 0 N–H and O–H groups in total. The molecule has 0 atom stereocenters. The molecule has 1 aromatic heterocycles. The van der Waals surface area contributed by atoms with Gasteiger partial charge >= 0.3 is 0 Å². The van der Waals surface area contributed by atoms with Gasteiger partial charge in [0.25, 0.3) is 0 Å². The van der Waals surface area contributed by atoms with Crippen LogP contribution in [0.2, 0.25) is 0 Å². The Morgan fingerprint density at radius 2 is 2.00 bits per heavy atom. The van der Waals surface area contributed by atoms with Crippen molar-refractivity contribution in [2.45, 2.75) is 26.2 Å². The zero-order chi connectivity index (χ0) is 15.1. The molecule has 0 saturated heterocycles. The van der Waals surface area contributed by atoms with Crippen molar-refractivity contribution in [1.82, 2.24) is 19.9 Å². The number of rotatable bonds is 7. The minimum atomic E-state index is 0.663. The first-order chi connectivity index (χ1) is 10.3. The second-order valence-corrected chi connectivity index (χ2v) is 5.17. The second kappa shape index (κ2) is 7.61. The highest BCUT2D eigenvalue weighted by atomic mass is 15.4. The molecule has 110 valence electrons. The number of para-hydroxylation sites is 1. The number of likely N-dealkylation sites (N-methyl/N-ethyl adjacent to an activating group) is 1. The van der Waals surface area contributed by atoms with Gasteiger partial charge in [0.1, 0.15) is 0 Å². The molecule has 1 heterocycles. The van der Waals surface area contributed by atoms with Crippen LogP contribution in [0.25, 0.3) is 5.69 Å². The average Bonchev–Trinajstić information content (AvgIpc) is 2.90. The second-order valence-electron chi connectivity index (χ2n) is 5.17. The van der Waals surface area contributed by atoms with Crippen LogP contribution in [0, 0.1) is 12.3 Å². The Bertz CT molecular complexity index is 595. The van der Waals surface area contributed by atoms with Crippen LogP contribution in [0.15, 0.2) is 30.3 Å². The third-order valence-electron chi connectivity index (χ3n) is 3.42. The van der Waals surface area contributed by atoms with E-state index < -0.39 is 0 Å². The Kier molecular flexibility index (Phi) is 5.53. The highest BCUT2D eigenvalue weighted by Crippen LogP contribution is 2.15. The molecule has 21 heavy (non-hydrogen) atoms. The largest absolute Gasteiger partial charge is 0.295 e. The summed E-state index contributed by atoms with van der Waals surface area (Å²) >= 11 is 0. The molecule has 0 amide bonds. The monoisotopic (exact) mass is 282 g/mol. The third kappa shape index (κ3) is 3.93. The van der Waals surface area contributed by atoms with E-state index in [9.17, 15) is 0 Å². The zero-order valence-corrected chi connectivity index (χ0v) is 12.8. The van der Waals surface area contributed by atoms with E-state index in [1.807, 2.05) is 29.9 Å². The summed E-state index contributed by atoms with van der Waals surface area (Å²) in [4.78, 5) is 2.12. The number of terminal acetylenes is 1. The van der Waals surface area contributed by atoms with Gasteiger partial charge in [0.2, 0.25) is 0 Å². The van der Waals surface area contributed by atoms with Crippen molar-refractivity contribution in [2.75, 3.05) is 20.1 Å². The van der Waals surface area contributed by atoms with E-state index >= 15 is 0 Å². The molecule has 0 aliphatic carbocycles.